The summed E-state index contributed by atoms with van der Waals surface area (Å²) in [4.78, 5) is 25.7. The van der Waals surface area contributed by atoms with Crippen molar-refractivity contribution in [3.63, 3.8) is 0 Å². The topological polar surface area (TPSA) is 222 Å². The van der Waals surface area contributed by atoms with Crippen LogP contribution >= 0.6 is 0 Å². The summed E-state index contributed by atoms with van der Waals surface area (Å²) in [7, 11) is 0. The quantitative estimate of drug-likeness (QED) is 0.170. The number of aliphatic hydroxyl groups excluding tert-OH is 6. The highest BCUT2D eigenvalue weighted by atomic mass is 16.7. The summed E-state index contributed by atoms with van der Waals surface area (Å²) in [6.45, 7) is 4.76. The lowest BCUT2D eigenvalue weighted by atomic mass is 9.41. The van der Waals surface area contributed by atoms with Crippen LogP contribution in [0.4, 0.5) is 0 Å². The molecule has 2 aliphatic heterocycles. The average molecular weight is 673 g/mol. The largest absolute Gasteiger partial charge is 0.463 e. The maximum atomic E-state index is 14.1. The summed E-state index contributed by atoms with van der Waals surface area (Å²) >= 11 is 0. The zero-order valence-electron chi connectivity index (χ0n) is 27.4. The second kappa shape index (κ2) is 12.7. The molecule has 2 bridgehead atoms. The summed E-state index contributed by atoms with van der Waals surface area (Å²) in [5.74, 6) is -0.696. The number of fused-ring (bicyclic) bond motifs is 3. The van der Waals surface area contributed by atoms with Crippen LogP contribution in [0.5, 0.6) is 0 Å². The van der Waals surface area contributed by atoms with Gasteiger partial charge in [0, 0.05) is 6.92 Å². The van der Waals surface area contributed by atoms with Crippen molar-refractivity contribution in [3.05, 3.63) is 0 Å². The van der Waals surface area contributed by atoms with Crippen LogP contribution in [-0.2, 0) is 33.3 Å². The smallest absolute Gasteiger partial charge is 0.314 e. The van der Waals surface area contributed by atoms with Crippen LogP contribution in [0.3, 0.4) is 0 Å². The van der Waals surface area contributed by atoms with Crippen LogP contribution in [-0.4, -0.2) is 128 Å². The van der Waals surface area contributed by atoms with Gasteiger partial charge in [0.05, 0.1) is 18.6 Å². The normalized spacial score (nSPS) is 52.6. The van der Waals surface area contributed by atoms with E-state index in [1.807, 2.05) is 6.92 Å². The molecule has 0 aromatic heterocycles. The van der Waals surface area contributed by atoms with E-state index in [0.29, 0.717) is 12.8 Å². The van der Waals surface area contributed by atoms with Crippen LogP contribution in [0, 0.1) is 34.0 Å². The van der Waals surface area contributed by atoms with Crippen LogP contribution in [0.15, 0.2) is 0 Å². The molecule has 268 valence electrons. The molecule has 7 N–H and O–H groups in total. The molecule has 0 aromatic carbocycles. The summed E-state index contributed by atoms with van der Waals surface area (Å²) in [5, 5.41) is 73.5. The van der Waals surface area contributed by atoms with E-state index in [4.69, 9.17) is 23.7 Å². The lowest BCUT2D eigenvalue weighted by molar-refractivity contribution is -0.317. The Kier molecular flexibility index (Phi) is 9.56. The molecule has 4 aliphatic carbocycles. The van der Waals surface area contributed by atoms with E-state index in [1.54, 1.807) is 0 Å². The average Bonchev–Trinajstić information content (AvgIpc) is 3.23. The first-order valence-corrected chi connectivity index (χ1v) is 17.1. The van der Waals surface area contributed by atoms with Gasteiger partial charge in [0.15, 0.2) is 6.29 Å². The van der Waals surface area contributed by atoms with E-state index in [0.717, 1.165) is 44.9 Å². The Morgan fingerprint density at radius 3 is 2.30 bits per heavy atom. The summed E-state index contributed by atoms with van der Waals surface area (Å²) in [5.41, 5.74) is -2.31. The Morgan fingerprint density at radius 2 is 1.57 bits per heavy atom. The number of ether oxygens (including phenoxy) is 5. The third-order valence-corrected chi connectivity index (χ3v) is 13.1. The van der Waals surface area contributed by atoms with Gasteiger partial charge in [-0.15, -0.1) is 0 Å². The highest BCUT2D eigenvalue weighted by molar-refractivity contribution is 5.77. The first-order chi connectivity index (χ1) is 22.0. The van der Waals surface area contributed by atoms with Crippen LogP contribution < -0.4 is 0 Å². The molecule has 0 aromatic rings. The zero-order valence-corrected chi connectivity index (χ0v) is 27.4. The number of carbonyl (C=O) groups excluding carboxylic acids is 2. The van der Waals surface area contributed by atoms with Gasteiger partial charge in [0.1, 0.15) is 54.9 Å². The van der Waals surface area contributed by atoms with Crippen molar-refractivity contribution in [1.82, 2.24) is 0 Å². The van der Waals surface area contributed by atoms with Crippen molar-refractivity contribution < 1.29 is 69.0 Å². The van der Waals surface area contributed by atoms with Crippen molar-refractivity contribution in [2.75, 3.05) is 19.8 Å². The van der Waals surface area contributed by atoms with E-state index in [1.165, 1.54) is 6.92 Å². The fourth-order valence-electron chi connectivity index (χ4n) is 10.8. The zero-order chi connectivity index (χ0) is 34.1. The molecule has 2 saturated heterocycles. The summed E-state index contributed by atoms with van der Waals surface area (Å²) in [6.07, 6.45) is -6.73. The SMILES string of the molecule is CC(=O)OC[C@]1(O)C[C@@]23CC[C@H]4[C@@](C)(CCC[C@@]4(C)C(=O)O[C@@H]4O[C@H](CO[C@@H]5OC[C@@H](O)[C@H](O)[C@H]5O)[C@@H](O)[C@H](O)[C@H]4O)[C@@H]2CC[C@@H]1C3. The van der Waals surface area contributed by atoms with E-state index in [-0.39, 0.29) is 41.8 Å². The third-order valence-electron chi connectivity index (χ3n) is 13.1. The van der Waals surface area contributed by atoms with Crippen LogP contribution in [0.25, 0.3) is 0 Å². The summed E-state index contributed by atoms with van der Waals surface area (Å²) < 4.78 is 27.6. The molecule has 1 spiro atoms. The maximum absolute atomic E-state index is 14.1. The van der Waals surface area contributed by atoms with Gasteiger partial charge in [0.2, 0.25) is 6.29 Å². The predicted octanol–water partition coefficient (Wildman–Crippen LogP) is -0.500. The number of carbonyl (C=O) groups is 2. The molecule has 6 fully saturated rings. The Morgan fingerprint density at radius 1 is 0.851 bits per heavy atom. The van der Waals surface area contributed by atoms with Gasteiger partial charge in [-0.3, -0.25) is 9.59 Å². The molecule has 4 saturated carbocycles. The fraction of sp³-hybridized carbons (Fsp3) is 0.939. The molecule has 2 heterocycles. The van der Waals surface area contributed by atoms with E-state index in [9.17, 15) is 45.3 Å². The minimum atomic E-state index is -1.74. The molecule has 0 radical (unpaired) electrons. The molecular weight excluding hydrogens is 620 g/mol. The molecule has 0 amide bonds. The van der Waals surface area contributed by atoms with Crippen LogP contribution in [0.1, 0.15) is 78.6 Å². The van der Waals surface area contributed by atoms with Gasteiger partial charge in [-0.05, 0) is 86.9 Å². The van der Waals surface area contributed by atoms with Gasteiger partial charge in [0.25, 0.3) is 0 Å². The molecular formula is C33H52O14. The van der Waals surface area contributed by atoms with E-state index < -0.39 is 84.9 Å². The Balaban J connectivity index is 1.14. The molecule has 14 nitrogen and oxygen atoms in total. The van der Waals surface area contributed by atoms with Gasteiger partial charge < -0.3 is 59.4 Å². The highest BCUT2D eigenvalue weighted by Crippen LogP contribution is 2.73. The molecule has 14 heteroatoms. The van der Waals surface area contributed by atoms with Gasteiger partial charge in [-0.25, -0.2) is 0 Å². The van der Waals surface area contributed by atoms with Crippen molar-refractivity contribution >= 4 is 11.9 Å². The second-order valence-corrected chi connectivity index (χ2v) is 15.8. The summed E-state index contributed by atoms with van der Waals surface area (Å²) in [6, 6.07) is 0. The van der Waals surface area contributed by atoms with E-state index in [2.05, 4.69) is 6.92 Å². The Labute approximate surface area is 274 Å². The van der Waals surface area contributed by atoms with E-state index >= 15 is 0 Å². The number of rotatable bonds is 7. The fourth-order valence-corrected chi connectivity index (χ4v) is 10.8. The maximum Gasteiger partial charge on any atom is 0.314 e. The predicted molar refractivity (Wildman–Crippen MR) is 159 cm³/mol. The Hall–Kier alpha value is -1.46. The van der Waals surface area contributed by atoms with Crippen molar-refractivity contribution in [3.8, 4) is 0 Å². The molecule has 6 rings (SSSR count). The highest BCUT2D eigenvalue weighted by Gasteiger charge is 2.69. The molecule has 16 atom stereocenters. The van der Waals surface area contributed by atoms with Gasteiger partial charge >= 0.3 is 11.9 Å². The first-order valence-electron chi connectivity index (χ1n) is 17.1. The van der Waals surface area contributed by atoms with Crippen molar-refractivity contribution in [1.29, 1.82) is 0 Å². The Bertz CT molecular complexity index is 1190. The third kappa shape index (κ3) is 5.93. The molecule has 47 heavy (non-hydrogen) atoms. The minimum Gasteiger partial charge on any atom is -0.463 e. The van der Waals surface area contributed by atoms with Crippen molar-refractivity contribution in [2.45, 2.75) is 139 Å². The van der Waals surface area contributed by atoms with Crippen LogP contribution in [0.2, 0.25) is 0 Å². The second-order valence-electron chi connectivity index (χ2n) is 15.8. The number of hydrogen-bond donors (Lipinski definition) is 7. The molecule has 0 unspecified atom stereocenters. The van der Waals surface area contributed by atoms with Gasteiger partial charge in [-0.1, -0.05) is 13.3 Å². The minimum absolute atomic E-state index is 0.00128. The lowest BCUT2D eigenvalue weighted by Gasteiger charge is -2.63. The first kappa shape index (κ1) is 35.4. The standard InChI is InChI=1S/C33H52O14/c1-16(34)45-15-33(42)14-32-10-7-20-30(2,21(32)6-5-17(33)11-32)8-4-9-31(20,3)29(41)47-28-26(40)24(38)23(37)19(46-28)13-44-27-25(39)22(36)18(35)12-43-27/h17-28,35-40,42H,4-15H2,1-3H3/t17-,18-,19-,20+,21+,22+,23-,24+,25-,26-,27+,28+,30-,31-,32+,33-/m1/s1. The number of aliphatic hydroxyl groups is 7. The lowest BCUT2D eigenvalue weighted by Crippen LogP contribution is -2.62. The van der Waals surface area contributed by atoms with Gasteiger partial charge in [-0.2, -0.15) is 0 Å². The number of esters is 2. The van der Waals surface area contributed by atoms with Crippen molar-refractivity contribution in [2.24, 2.45) is 34.0 Å². The monoisotopic (exact) mass is 672 g/mol. The number of hydrogen-bond acceptors (Lipinski definition) is 14. The molecule has 6 aliphatic rings.